The zero-order valence-electron chi connectivity index (χ0n) is 16.7. The lowest BCUT2D eigenvalue weighted by atomic mass is 10.1. The van der Waals surface area contributed by atoms with Gasteiger partial charge in [-0.05, 0) is 59.0 Å². The van der Waals surface area contributed by atoms with Gasteiger partial charge < -0.3 is 10.1 Å². The molecule has 0 aliphatic rings. The van der Waals surface area contributed by atoms with E-state index < -0.39 is 0 Å². The minimum Gasteiger partial charge on any atom is -0.457 e. The second kappa shape index (κ2) is 9.50. The number of carbonyl (C=O) groups excluding carboxylic acids is 2. The molecule has 0 saturated carbocycles. The van der Waals surface area contributed by atoms with Gasteiger partial charge in [-0.15, -0.1) is 0 Å². The number of benzene rings is 3. The van der Waals surface area contributed by atoms with E-state index in [4.69, 9.17) is 4.74 Å². The number of amides is 1. The fourth-order valence-corrected chi connectivity index (χ4v) is 3.11. The van der Waals surface area contributed by atoms with Crippen molar-refractivity contribution in [2.45, 2.75) is 6.61 Å². The number of nitrogens with one attached hydrogen (secondary N) is 1. The molecule has 0 spiro atoms. The van der Waals surface area contributed by atoms with Crippen LogP contribution in [0.5, 0.6) is 0 Å². The number of carbonyl (C=O) groups is 2. The molecule has 3 aromatic carbocycles. The van der Waals surface area contributed by atoms with Gasteiger partial charge in [-0.3, -0.25) is 9.78 Å². The van der Waals surface area contributed by atoms with Crippen molar-refractivity contribution in [3.8, 4) is 0 Å². The molecule has 0 unspecified atom stereocenters. The summed E-state index contributed by atoms with van der Waals surface area (Å²) in [6.07, 6.45) is 6.71. The van der Waals surface area contributed by atoms with E-state index in [0.29, 0.717) is 5.56 Å². The van der Waals surface area contributed by atoms with E-state index in [1.807, 2.05) is 54.6 Å². The van der Waals surface area contributed by atoms with Crippen LogP contribution in [0.3, 0.4) is 0 Å². The Bertz CT molecular complexity index is 1250. The van der Waals surface area contributed by atoms with Crippen LogP contribution in [0.25, 0.3) is 16.8 Å². The highest BCUT2D eigenvalue weighted by Gasteiger charge is 2.06. The van der Waals surface area contributed by atoms with Crippen LogP contribution >= 0.6 is 0 Å². The van der Waals surface area contributed by atoms with Crippen LogP contribution in [0.15, 0.2) is 97.3 Å². The summed E-state index contributed by atoms with van der Waals surface area (Å²) in [4.78, 5) is 28.5. The third kappa shape index (κ3) is 5.42. The van der Waals surface area contributed by atoms with Gasteiger partial charge in [-0.1, -0.05) is 42.5 Å². The summed E-state index contributed by atoms with van der Waals surface area (Å²) < 4.78 is 5.36. The Morgan fingerprint density at radius 1 is 0.903 bits per heavy atom. The highest BCUT2D eigenvalue weighted by atomic mass is 16.5. The normalized spacial score (nSPS) is 10.8. The lowest BCUT2D eigenvalue weighted by molar-refractivity contribution is -0.111. The largest absolute Gasteiger partial charge is 0.457 e. The van der Waals surface area contributed by atoms with Crippen molar-refractivity contribution in [2.24, 2.45) is 0 Å². The lowest BCUT2D eigenvalue weighted by Crippen LogP contribution is -2.07. The van der Waals surface area contributed by atoms with Crippen LogP contribution < -0.4 is 5.32 Å². The summed E-state index contributed by atoms with van der Waals surface area (Å²) in [5, 5.41) is 4.89. The number of pyridine rings is 1. The minimum absolute atomic E-state index is 0.160. The van der Waals surface area contributed by atoms with Gasteiger partial charge in [0.2, 0.25) is 5.91 Å². The summed E-state index contributed by atoms with van der Waals surface area (Å²) in [7, 11) is 0. The highest BCUT2D eigenvalue weighted by molar-refractivity contribution is 6.03. The Kier molecular flexibility index (Phi) is 6.14. The van der Waals surface area contributed by atoms with Crippen LogP contribution in [0.2, 0.25) is 0 Å². The first-order chi connectivity index (χ1) is 15.2. The van der Waals surface area contributed by atoms with Crippen molar-refractivity contribution in [3.05, 3.63) is 114 Å². The third-order valence-corrected chi connectivity index (χ3v) is 4.67. The third-order valence-electron chi connectivity index (χ3n) is 4.67. The Hall–Kier alpha value is -4.25. The van der Waals surface area contributed by atoms with E-state index in [2.05, 4.69) is 10.3 Å². The van der Waals surface area contributed by atoms with Crippen molar-refractivity contribution in [3.63, 3.8) is 0 Å². The fraction of sp³-hybridized carbons (Fsp3) is 0.0385. The number of hydrogen-bond acceptors (Lipinski definition) is 4. The highest BCUT2D eigenvalue weighted by Crippen LogP contribution is 2.18. The number of nitrogens with zero attached hydrogens (tertiary/aromatic N) is 1. The molecule has 4 aromatic rings. The molecule has 5 heteroatoms. The molecule has 0 saturated heterocycles. The summed E-state index contributed by atoms with van der Waals surface area (Å²) in [6, 6.07) is 23.9. The number of ether oxygens (including phenoxy) is 1. The van der Waals surface area contributed by atoms with Gasteiger partial charge in [0.05, 0.1) is 5.56 Å². The number of hydrogen-bond donors (Lipinski definition) is 1. The zero-order valence-corrected chi connectivity index (χ0v) is 16.7. The monoisotopic (exact) mass is 408 g/mol. The molecule has 1 aromatic heterocycles. The first kappa shape index (κ1) is 20.0. The molecule has 1 amide bonds. The number of aromatic nitrogens is 1. The molecule has 1 heterocycles. The number of rotatable bonds is 6. The SMILES string of the molecule is O=C(/C=C/c1cccc(COC(=O)c2ccccc2)c1)Nc1ccc2cnccc2c1. The second-order valence-corrected chi connectivity index (χ2v) is 6.95. The van der Waals surface area contributed by atoms with Gasteiger partial charge in [0, 0.05) is 29.5 Å². The van der Waals surface area contributed by atoms with Crippen molar-refractivity contribution in [1.29, 1.82) is 0 Å². The molecule has 4 rings (SSSR count). The Balaban J connectivity index is 1.36. The van der Waals surface area contributed by atoms with Crippen LogP contribution in [0, 0.1) is 0 Å². The first-order valence-corrected chi connectivity index (χ1v) is 9.81. The maximum absolute atomic E-state index is 12.3. The molecule has 0 atom stereocenters. The Morgan fingerprint density at radius 3 is 2.65 bits per heavy atom. The quantitative estimate of drug-likeness (QED) is 0.350. The molecule has 31 heavy (non-hydrogen) atoms. The fourth-order valence-electron chi connectivity index (χ4n) is 3.11. The van der Waals surface area contributed by atoms with Gasteiger partial charge in [-0.25, -0.2) is 4.79 Å². The Labute approximate surface area is 180 Å². The van der Waals surface area contributed by atoms with Crippen LogP contribution in [-0.4, -0.2) is 16.9 Å². The first-order valence-electron chi connectivity index (χ1n) is 9.81. The van der Waals surface area contributed by atoms with Gasteiger partial charge >= 0.3 is 5.97 Å². The minimum atomic E-state index is -0.368. The van der Waals surface area contributed by atoms with E-state index in [0.717, 1.165) is 27.6 Å². The van der Waals surface area contributed by atoms with Gasteiger partial charge in [0.1, 0.15) is 6.61 Å². The summed E-state index contributed by atoms with van der Waals surface area (Å²) in [5.74, 6) is -0.596. The lowest BCUT2D eigenvalue weighted by Gasteiger charge is -2.06. The number of esters is 1. The van der Waals surface area contributed by atoms with Crippen molar-refractivity contribution in [1.82, 2.24) is 4.98 Å². The molecular formula is C26H20N2O3. The molecule has 152 valence electrons. The molecule has 1 N–H and O–H groups in total. The topological polar surface area (TPSA) is 68.3 Å². The van der Waals surface area contributed by atoms with E-state index in [1.165, 1.54) is 6.08 Å². The molecule has 0 aliphatic carbocycles. The van der Waals surface area contributed by atoms with Gasteiger partial charge in [0.15, 0.2) is 0 Å². The van der Waals surface area contributed by atoms with Gasteiger partial charge in [-0.2, -0.15) is 0 Å². The maximum Gasteiger partial charge on any atom is 0.338 e. The predicted molar refractivity (Wildman–Crippen MR) is 121 cm³/mol. The number of anilines is 1. The van der Waals surface area contributed by atoms with Crippen LogP contribution in [0.1, 0.15) is 21.5 Å². The smallest absolute Gasteiger partial charge is 0.338 e. The zero-order chi connectivity index (χ0) is 21.5. The summed E-state index contributed by atoms with van der Waals surface area (Å²) in [6.45, 7) is 0.160. The number of fused-ring (bicyclic) bond motifs is 1. The standard InChI is InChI=1S/C26H20N2O3/c29-25(28-24-11-10-23-17-27-14-13-22(23)16-24)12-9-19-5-4-6-20(15-19)18-31-26(30)21-7-2-1-3-8-21/h1-17H,18H2,(H,28,29)/b12-9+. The molecule has 0 radical (unpaired) electrons. The molecular weight excluding hydrogens is 388 g/mol. The van der Waals surface area contributed by atoms with Crippen molar-refractivity contribution in [2.75, 3.05) is 5.32 Å². The molecule has 0 aliphatic heterocycles. The molecule has 0 bridgehead atoms. The van der Waals surface area contributed by atoms with E-state index in [1.54, 1.807) is 42.7 Å². The second-order valence-electron chi connectivity index (χ2n) is 6.95. The summed E-state index contributed by atoms with van der Waals surface area (Å²) in [5.41, 5.74) is 2.91. The average Bonchev–Trinajstić information content (AvgIpc) is 2.82. The van der Waals surface area contributed by atoms with Crippen LogP contribution in [-0.2, 0) is 16.1 Å². The van der Waals surface area contributed by atoms with Crippen molar-refractivity contribution >= 4 is 34.4 Å². The van der Waals surface area contributed by atoms with E-state index >= 15 is 0 Å². The molecule has 0 fully saturated rings. The Morgan fingerprint density at radius 2 is 1.77 bits per heavy atom. The average molecular weight is 408 g/mol. The van der Waals surface area contributed by atoms with Gasteiger partial charge in [0.25, 0.3) is 0 Å². The maximum atomic E-state index is 12.3. The predicted octanol–water partition coefficient (Wildman–Crippen LogP) is 5.24. The van der Waals surface area contributed by atoms with Crippen molar-refractivity contribution < 1.29 is 14.3 Å². The van der Waals surface area contributed by atoms with E-state index in [-0.39, 0.29) is 18.5 Å². The van der Waals surface area contributed by atoms with Crippen LogP contribution in [0.4, 0.5) is 5.69 Å². The molecule has 5 nitrogen and oxygen atoms in total. The van der Waals surface area contributed by atoms with E-state index in [9.17, 15) is 9.59 Å². The summed E-state index contributed by atoms with van der Waals surface area (Å²) >= 11 is 0.